The number of hydrogen-bond donors (Lipinski definition) is 3. The van der Waals surface area contributed by atoms with Crippen molar-refractivity contribution in [2.45, 2.75) is 57.2 Å². The molecule has 4 rings (SSSR count). The third kappa shape index (κ3) is 4.95. The maximum Gasteiger partial charge on any atom is 0.252 e. The van der Waals surface area contributed by atoms with Crippen LogP contribution in [0, 0.1) is 11.3 Å². The van der Waals surface area contributed by atoms with E-state index < -0.39 is 11.5 Å². The van der Waals surface area contributed by atoms with E-state index in [0.29, 0.717) is 41.3 Å². The Balaban J connectivity index is 1.62. The van der Waals surface area contributed by atoms with Crippen molar-refractivity contribution in [1.29, 1.82) is 5.26 Å². The molecule has 4 N–H and O–H groups in total. The summed E-state index contributed by atoms with van der Waals surface area (Å²) in [5.41, 5.74) is 7.10. The van der Waals surface area contributed by atoms with E-state index in [4.69, 9.17) is 11.0 Å². The van der Waals surface area contributed by atoms with Crippen LogP contribution in [-0.2, 0) is 12.6 Å². The molecule has 0 radical (unpaired) electrons. The van der Waals surface area contributed by atoms with Crippen molar-refractivity contribution < 1.29 is 9.90 Å². The van der Waals surface area contributed by atoms with Gasteiger partial charge in [-0.05, 0) is 57.7 Å². The molecule has 0 aromatic carbocycles. The molecule has 0 unspecified atom stereocenters. The highest BCUT2D eigenvalue weighted by Crippen LogP contribution is 2.40. The van der Waals surface area contributed by atoms with E-state index >= 15 is 0 Å². The third-order valence-electron chi connectivity index (χ3n) is 6.60. The van der Waals surface area contributed by atoms with E-state index in [9.17, 15) is 9.90 Å². The molecule has 1 fully saturated rings. The second-order valence-corrected chi connectivity index (χ2v) is 9.22. The minimum absolute atomic E-state index is 0.0734. The van der Waals surface area contributed by atoms with Crippen LogP contribution in [0.15, 0.2) is 42.9 Å². The maximum absolute atomic E-state index is 12.3. The molecule has 3 aromatic rings. The minimum atomic E-state index is -0.927. The number of nitriles is 1. The number of carbonyl (C=O) groups excluding carboxylic acids is 1. The van der Waals surface area contributed by atoms with Crippen LogP contribution < -0.4 is 16.0 Å². The predicted octanol–water partition coefficient (Wildman–Crippen LogP) is 2.97. The van der Waals surface area contributed by atoms with Crippen LogP contribution in [0.1, 0.15) is 61.1 Å². The summed E-state index contributed by atoms with van der Waals surface area (Å²) >= 11 is 0. The van der Waals surface area contributed by atoms with E-state index in [1.54, 1.807) is 23.0 Å². The van der Waals surface area contributed by atoms with Gasteiger partial charge in [0.2, 0.25) is 0 Å². The van der Waals surface area contributed by atoms with Gasteiger partial charge >= 0.3 is 0 Å². The lowest BCUT2D eigenvalue weighted by Crippen LogP contribution is -2.47. The Hall–Kier alpha value is -3.97. The van der Waals surface area contributed by atoms with Crippen molar-refractivity contribution >= 4 is 23.2 Å². The number of aryl methyl sites for hydroxylation is 1. The number of pyridine rings is 2. The quantitative estimate of drug-likeness (QED) is 0.474. The van der Waals surface area contributed by atoms with Gasteiger partial charge in [0, 0.05) is 43.8 Å². The highest BCUT2D eigenvalue weighted by molar-refractivity contribution is 5.99. The van der Waals surface area contributed by atoms with Crippen LogP contribution in [0.25, 0.3) is 0 Å². The summed E-state index contributed by atoms with van der Waals surface area (Å²) in [4.78, 5) is 23.1. The van der Waals surface area contributed by atoms with Gasteiger partial charge in [-0.2, -0.15) is 10.4 Å². The van der Waals surface area contributed by atoms with Crippen molar-refractivity contribution in [3.05, 3.63) is 59.7 Å². The summed E-state index contributed by atoms with van der Waals surface area (Å²) in [6.07, 6.45) is 7.30. The van der Waals surface area contributed by atoms with E-state index in [-0.39, 0.29) is 12.1 Å². The molecule has 3 aromatic heterocycles. The molecule has 1 aliphatic carbocycles. The average Bonchev–Trinajstić information content (AvgIpc) is 3.28. The van der Waals surface area contributed by atoms with Crippen LogP contribution in [0.4, 0.5) is 17.3 Å². The van der Waals surface area contributed by atoms with Crippen molar-refractivity contribution in [3.8, 4) is 6.07 Å². The number of rotatable bonds is 7. The Labute approximate surface area is 204 Å². The topological polar surface area (TPSA) is 146 Å². The molecule has 10 nitrogen and oxygen atoms in total. The molecule has 10 heteroatoms. The molecule has 1 amide bonds. The summed E-state index contributed by atoms with van der Waals surface area (Å²) in [5.74, 6) is 0.489. The smallest absolute Gasteiger partial charge is 0.252 e. The summed E-state index contributed by atoms with van der Waals surface area (Å²) < 4.78 is 1.73. The minimum Gasteiger partial charge on any atom is -0.384 e. The number of primary amides is 1. The molecule has 0 atom stereocenters. The van der Waals surface area contributed by atoms with Gasteiger partial charge in [0.15, 0.2) is 0 Å². The second-order valence-electron chi connectivity index (χ2n) is 9.22. The van der Waals surface area contributed by atoms with E-state index in [1.807, 2.05) is 25.2 Å². The number of carbonyl (C=O) groups is 1. The first kappa shape index (κ1) is 24.2. The molecular formula is C25H30N8O2. The Bertz CT molecular complexity index is 1240. The molecule has 3 heterocycles. The van der Waals surface area contributed by atoms with Crippen molar-refractivity contribution in [2.24, 2.45) is 12.8 Å². The van der Waals surface area contributed by atoms with E-state index in [2.05, 4.69) is 39.1 Å². The molecule has 1 saturated carbocycles. The molecule has 0 bridgehead atoms. The fraction of sp³-hybridized carbons (Fsp3) is 0.400. The van der Waals surface area contributed by atoms with Crippen LogP contribution in [0.3, 0.4) is 0 Å². The van der Waals surface area contributed by atoms with Gasteiger partial charge in [-0.3, -0.25) is 9.48 Å². The first-order valence-corrected chi connectivity index (χ1v) is 11.6. The Kier molecular flexibility index (Phi) is 6.71. The predicted molar refractivity (Wildman–Crippen MR) is 132 cm³/mol. The molecule has 0 spiro atoms. The number of aliphatic hydroxyl groups is 1. The number of nitrogens with one attached hydrogen (secondary N) is 1. The summed E-state index contributed by atoms with van der Waals surface area (Å²) in [5, 5.41) is 27.6. The molecular weight excluding hydrogens is 444 g/mol. The lowest BCUT2D eigenvalue weighted by atomic mass is 9.79. The van der Waals surface area contributed by atoms with Gasteiger partial charge < -0.3 is 21.1 Å². The van der Waals surface area contributed by atoms with Gasteiger partial charge in [-0.1, -0.05) is 0 Å². The Morgan fingerprint density at radius 1 is 1.26 bits per heavy atom. The number of amides is 1. The third-order valence-corrected chi connectivity index (χ3v) is 6.60. The lowest BCUT2D eigenvalue weighted by molar-refractivity contribution is -0.0132. The highest BCUT2D eigenvalue weighted by atomic mass is 16.3. The summed E-state index contributed by atoms with van der Waals surface area (Å²) in [6.45, 7) is 4.14. The zero-order chi connectivity index (χ0) is 25.2. The van der Waals surface area contributed by atoms with Gasteiger partial charge in [0.1, 0.15) is 23.3 Å². The lowest BCUT2D eigenvalue weighted by Gasteiger charge is -2.44. The van der Waals surface area contributed by atoms with Gasteiger partial charge in [-0.15, -0.1) is 0 Å². The first-order chi connectivity index (χ1) is 16.7. The summed E-state index contributed by atoms with van der Waals surface area (Å²) in [6, 6.07) is 9.25. The molecule has 1 aliphatic rings. The second kappa shape index (κ2) is 9.72. The molecule has 0 aliphatic heterocycles. The fourth-order valence-electron chi connectivity index (χ4n) is 4.92. The SMILES string of the molecule is CC(C)N(c1cc(Nc2ccc(C#N)cn2)ncc1C(N)=O)C1CCC(O)(c2ccnn2C)CC1. The number of hydrogen-bond acceptors (Lipinski definition) is 8. The largest absolute Gasteiger partial charge is 0.384 e. The normalized spacial score (nSPS) is 19.8. The van der Waals surface area contributed by atoms with Crippen molar-refractivity contribution in [3.63, 3.8) is 0 Å². The first-order valence-electron chi connectivity index (χ1n) is 11.6. The zero-order valence-electron chi connectivity index (χ0n) is 20.1. The van der Waals surface area contributed by atoms with Crippen molar-refractivity contribution in [1.82, 2.24) is 19.7 Å². The molecule has 0 saturated heterocycles. The number of nitrogens with two attached hydrogens (primary N) is 1. The van der Waals surface area contributed by atoms with Gasteiger partial charge in [0.05, 0.1) is 22.5 Å². The zero-order valence-corrected chi connectivity index (χ0v) is 20.1. The monoisotopic (exact) mass is 474 g/mol. The standard InChI is InChI=1S/C25H30N8O2/c1-16(2)33(18-6-9-25(35,10-7-18)21-8-11-30-32(21)3)20-12-23(29-15-19(20)24(27)34)31-22-5-4-17(13-26)14-28-22/h4-5,8,11-12,14-16,18,35H,6-7,9-10H2,1-3H3,(H2,27,34)(H,28,29,31). The van der Waals surface area contributed by atoms with E-state index in [0.717, 1.165) is 18.5 Å². The highest BCUT2D eigenvalue weighted by Gasteiger charge is 2.39. The fourth-order valence-corrected chi connectivity index (χ4v) is 4.92. The van der Waals surface area contributed by atoms with Crippen LogP contribution in [-0.4, -0.2) is 42.8 Å². The van der Waals surface area contributed by atoms with Crippen molar-refractivity contribution in [2.75, 3.05) is 10.2 Å². The van der Waals surface area contributed by atoms with E-state index in [1.165, 1.54) is 12.4 Å². The molecule has 182 valence electrons. The average molecular weight is 475 g/mol. The maximum atomic E-state index is 12.3. The molecule has 35 heavy (non-hydrogen) atoms. The number of anilines is 3. The van der Waals surface area contributed by atoms with Gasteiger partial charge in [0.25, 0.3) is 5.91 Å². The number of nitrogens with zero attached hydrogens (tertiary/aromatic N) is 6. The number of aromatic nitrogens is 4. The van der Waals surface area contributed by atoms with Crippen LogP contribution >= 0.6 is 0 Å². The Morgan fingerprint density at radius 3 is 2.51 bits per heavy atom. The Morgan fingerprint density at radius 2 is 1.97 bits per heavy atom. The van der Waals surface area contributed by atoms with Crippen LogP contribution in [0.5, 0.6) is 0 Å². The summed E-state index contributed by atoms with van der Waals surface area (Å²) in [7, 11) is 1.84. The van der Waals surface area contributed by atoms with Gasteiger partial charge in [-0.25, -0.2) is 9.97 Å². The van der Waals surface area contributed by atoms with Crippen LogP contribution in [0.2, 0.25) is 0 Å².